The van der Waals surface area contributed by atoms with Crippen LogP contribution in [0.25, 0.3) is 11.0 Å². The Balaban J connectivity index is 1.36. The lowest BCUT2D eigenvalue weighted by atomic mass is 10.1. The van der Waals surface area contributed by atoms with Crippen LogP contribution in [-0.4, -0.2) is 33.5 Å². The van der Waals surface area contributed by atoms with Crippen LogP contribution in [-0.2, 0) is 17.9 Å². The summed E-state index contributed by atoms with van der Waals surface area (Å²) in [5.41, 5.74) is 4.00. The number of aryl methyl sites for hydroxylation is 1. The Labute approximate surface area is 192 Å². The first kappa shape index (κ1) is 21.2. The first-order valence-electron chi connectivity index (χ1n) is 11.2. The Morgan fingerprint density at radius 2 is 1.79 bits per heavy atom. The molecular weight excluding hydrogens is 417 g/mol. The van der Waals surface area contributed by atoms with Crippen molar-refractivity contribution in [3.63, 3.8) is 0 Å². The van der Waals surface area contributed by atoms with E-state index in [0.717, 1.165) is 33.7 Å². The van der Waals surface area contributed by atoms with Crippen molar-refractivity contribution in [3.05, 3.63) is 95.6 Å². The van der Waals surface area contributed by atoms with Gasteiger partial charge >= 0.3 is 0 Å². The minimum absolute atomic E-state index is 0.00353. The maximum absolute atomic E-state index is 13.2. The maximum atomic E-state index is 13.2. The number of ether oxygens (including phenoxy) is 1. The van der Waals surface area contributed by atoms with Gasteiger partial charge in [-0.1, -0.05) is 42.5 Å². The zero-order valence-electron chi connectivity index (χ0n) is 18.6. The van der Waals surface area contributed by atoms with Crippen molar-refractivity contribution < 1.29 is 13.9 Å². The number of aromatic nitrogens is 2. The van der Waals surface area contributed by atoms with Gasteiger partial charge in [0.2, 0.25) is 5.91 Å². The molecule has 2 heterocycles. The molecule has 33 heavy (non-hydrogen) atoms. The summed E-state index contributed by atoms with van der Waals surface area (Å²) in [7, 11) is 0. The van der Waals surface area contributed by atoms with E-state index in [1.54, 1.807) is 12.1 Å². The third kappa shape index (κ3) is 4.46. The lowest BCUT2D eigenvalue weighted by Gasteiger charge is -2.18. The first-order valence-corrected chi connectivity index (χ1v) is 11.2. The number of para-hydroxylation sites is 3. The molecule has 4 aromatic rings. The van der Waals surface area contributed by atoms with Gasteiger partial charge in [0.15, 0.2) is 0 Å². The number of benzene rings is 3. The molecule has 1 aliphatic rings. The number of hydrogen-bond donors (Lipinski definition) is 0. The van der Waals surface area contributed by atoms with E-state index in [1.165, 1.54) is 12.1 Å². The molecule has 0 saturated carbocycles. The predicted octanol–water partition coefficient (Wildman–Crippen LogP) is 5.08. The van der Waals surface area contributed by atoms with Gasteiger partial charge in [-0.2, -0.15) is 0 Å². The molecule has 1 aromatic heterocycles. The SMILES string of the molecule is Cc1ccccc1OCCn1c([C@@H]2CC(=O)N(Cc3ccc(F)cc3)C2)nc2ccccc21. The average molecular weight is 444 g/mol. The van der Waals surface area contributed by atoms with Gasteiger partial charge in [-0.3, -0.25) is 4.79 Å². The first-order chi connectivity index (χ1) is 16.1. The summed E-state index contributed by atoms with van der Waals surface area (Å²) in [6.45, 7) is 4.27. The average Bonchev–Trinajstić information content (AvgIpc) is 3.37. The van der Waals surface area contributed by atoms with Gasteiger partial charge in [-0.15, -0.1) is 0 Å². The molecule has 1 atom stereocenters. The van der Waals surface area contributed by atoms with Crippen LogP contribution in [0.5, 0.6) is 5.75 Å². The highest BCUT2D eigenvalue weighted by Gasteiger charge is 2.34. The molecule has 5 nitrogen and oxygen atoms in total. The van der Waals surface area contributed by atoms with E-state index in [9.17, 15) is 9.18 Å². The Bertz CT molecular complexity index is 1280. The van der Waals surface area contributed by atoms with Crippen molar-refractivity contribution in [2.45, 2.75) is 32.4 Å². The summed E-state index contributed by atoms with van der Waals surface area (Å²) in [5.74, 6) is 1.62. The number of rotatable bonds is 7. The van der Waals surface area contributed by atoms with Gasteiger partial charge in [0.05, 0.1) is 17.6 Å². The Kier molecular flexibility index (Phi) is 5.82. The number of nitrogens with zero attached hydrogens (tertiary/aromatic N) is 3. The zero-order chi connectivity index (χ0) is 22.8. The third-order valence-corrected chi connectivity index (χ3v) is 6.22. The molecule has 6 heteroatoms. The molecule has 3 aromatic carbocycles. The van der Waals surface area contributed by atoms with Crippen molar-refractivity contribution in [2.24, 2.45) is 0 Å². The third-order valence-electron chi connectivity index (χ3n) is 6.22. The molecule has 1 fully saturated rings. The van der Waals surface area contributed by atoms with Crippen LogP contribution in [0.15, 0.2) is 72.8 Å². The van der Waals surface area contributed by atoms with Gasteiger partial charge in [-0.05, 0) is 48.4 Å². The molecule has 0 bridgehead atoms. The van der Waals surface area contributed by atoms with Crippen LogP contribution >= 0.6 is 0 Å². The highest BCUT2D eigenvalue weighted by Crippen LogP contribution is 2.31. The number of amides is 1. The van der Waals surface area contributed by atoms with Crippen molar-refractivity contribution in [2.75, 3.05) is 13.2 Å². The van der Waals surface area contributed by atoms with Gasteiger partial charge in [0.1, 0.15) is 24.0 Å². The molecule has 0 N–H and O–H groups in total. The van der Waals surface area contributed by atoms with E-state index in [2.05, 4.69) is 10.6 Å². The van der Waals surface area contributed by atoms with Crippen molar-refractivity contribution >= 4 is 16.9 Å². The van der Waals surface area contributed by atoms with Crippen molar-refractivity contribution in [1.29, 1.82) is 0 Å². The number of imidazole rings is 1. The highest BCUT2D eigenvalue weighted by atomic mass is 19.1. The van der Waals surface area contributed by atoms with Crippen molar-refractivity contribution in [1.82, 2.24) is 14.5 Å². The Hall–Kier alpha value is -3.67. The van der Waals surface area contributed by atoms with E-state index < -0.39 is 0 Å². The van der Waals surface area contributed by atoms with Gasteiger partial charge < -0.3 is 14.2 Å². The lowest BCUT2D eigenvalue weighted by molar-refractivity contribution is -0.128. The smallest absolute Gasteiger partial charge is 0.223 e. The fourth-order valence-electron chi connectivity index (χ4n) is 4.51. The number of likely N-dealkylation sites (tertiary alicyclic amines) is 1. The molecule has 5 rings (SSSR count). The van der Waals surface area contributed by atoms with Crippen LogP contribution < -0.4 is 4.74 Å². The predicted molar refractivity (Wildman–Crippen MR) is 126 cm³/mol. The highest BCUT2D eigenvalue weighted by molar-refractivity contribution is 5.81. The van der Waals surface area contributed by atoms with Crippen LogP contribution in [0.1, 0.15) is 29.3 Å². The second-order valence-corrected chi connectivity index (χ2v) is 8.53. The standard InChI is InChI=1S/C27H26FN3O2/c1-19-6-2-5-9-25(19)33-15-14-31-24-8-4-3-7-23(24)29-27(31)21-16-26(32)30(18-21)17-20-10-12-22(28)13-11-20/h2-13,21H,14-18H2,1H3/t21-/m1/s1. The van der Waals surface area contributed by atoms with E-state index in [1.807, 2.05) is 54.3 Å². The van der Waals surface area contributed by atoms with Gasteiger partial charge in [-0.25, -0.2) is 9.37 Å². The maximum Gasteiger partial charge on any atom is 0.223 e. The molecule has 0 unspecified atom stereocenters. The molecule has 1 amide bonds. The molecule has 0 radical (unpaired) electrons. The zero-order valence-corrected chi connectivity index (χ0v) is 18.6. The number of hydrogen-bond acceptors (Lipinski definition) is 3. The minimum atomic E-state index is -0.272. The fraction of sp³-hybridized carbons (Fsp3) is 0.259. The van der Waals surface area contributed by atoms with Gasteiger partial charge in [0, 0.05) is 25.4 Å². The van der Waals surface area contributed by atoms with Crippen LogP contribution in [0.4, 0.5) is 4.39 Å². The Morgan fingerprint density at radius 3 is 2.61 bits per heavy atom. The second kappa shape index (κ2) is 9.06. The molecular formula is C27H26FN3O2. The minimum Gasteiger partial charge on any atom is -0.491 e. The molecule has 168 valence electrons. The van der Waals surface area contributed by atoms with Crippen LogP contribution in [0.2, 0.25) is 0 Å². The number of carbonyl (C=O) groups is 1. The number of fused-ring (bicyclic) bond motifs is 1. The largest absolute Gasteiger partial charge is 0.491 e. The van der Waals surface area contributed by atoms with Crippen molar-refractivity contribution in [3.8, 4) is 5.75 Å². The number of carbonyl (C=O) groups excluding carboxylic acids is 1. The lowest BCUT2D eigenvalue weighted by Crippen LogP contribution is -2.24. The normalized spacial score (nSPS) is 16.0. The molecule has 1 saturated heterocycles. The topological polar surface area (TPSA) is 47.4 Å². The molecule has 1 aliphatic heterocycles. The summed E-state index contributed by atoms with van der Waals surface area (Å²) in [5, 5.41) is 0. The summed E-state index contributed by atoms with van der Waals surface area (Å²) in [4.78, 5) is 19.5. The summed E-state index contributed by atoms with van der Waals surface area (Å²) in [6, 6.07) is 22.4. The quantitative estimate of drug-likeness (QED) is 0.400. The van der Waals surface area contributed by atoms with Gasteiger partial charge in [0.25, 0.3) is 0 Å². The Morgan fingerprint density at radius 1 is 1.03 bits per heavy atom. The van der Waals surface area contributed by atoms with E-state index in [0.29, 0.717) is 32.7 Å². The second-order valence-electron chi connectivity index (χ2n) is 8.53. The molecule has 0 spiro atoms. The molecule has 0 aliphatic carbocycles. The summed E-state index contributed by atoms with van der Waals surface area (Å²) < 4.78 is 21.5. The number of halogens is 1. The van der Waals surface area contributed by atoms with E-state index >= 15 is 0 Å². The van der Waals surface area contributed by atoms with Crippen LogP contribution in [0, 0.1) is 12.7 Å². The summed E-state index contributed by atoms with van der Waals surface area (Å²) >= 11 is 0. The van der Waals surface area contributed by atoms with E-state index in [-0.39, 0.29) is 17.6 Å². The summed E-state index contributed by atoms with van der Waals surface area (Å²) in [6.07, 6.45) is 0.420. The van der Waals surface area contributed by atoms with E-state index in [4.69, 9.17) is 9.72 Å². The van der Waals surface area contributed by atoms with Crippen LogP contribution in [0.3, 0.4) is 0 Å². The monoisotopic (exact) mass is 443 g/mol. The fourth-order valence-corrected chi connectivity index (χ4v) is 4.51.